The van der Waals surface area contributed by atoms with Gasteiger partial charge in [-0.05, 0) is 17.7 Å². The van der Waals surface area contributed by atoms with Crippen LogP contribution in [-0.2, 0) is 4.79 Å². The van der Waals surface area contributed by atoms with E-state index < -0.39 is 0 Å². The van der Waals surface area contributed by atoms with Crippen LogP contribution in [0.1, 0.15) is 24.9 Å². The number of rotatable bonds is 1. The minimum absolute atomic E-state index is 0.0170. The Hall–Kier alpha value is -1.16. The summed E-state index contributed by atoms with van der Waals surface area (Å²) in [6.45, 7) is 1.54. The van der Waals surface area contributed by atoms with Crippen LogP contribution in [0.25, 0.3) is 0 Å². The van der Waals surface area contributed by atoms with Gasteiger partial charge in [0.15, 0.2) is 0 Å². The van der Waals surface area contributed by atoms with Crippen molar-refractivity contribution in [1.29, 1.82) is 0 Å². The van der Waals surface area contributed by atoms with Gasteiger partial charge in [0.05, 0.1) is 6.04 Å². The van der Waals surface area contributed by atoms with Crippen LogP contribution in [0.4, 0.5) is 0 Å². The van der Waals surface area contributed by atoms with E-state index in [0.717, 1.165) is 16.5 Å². The lowest BCUT2D eigenvalue weighted by Gasteiger charge is -2.20. The Morgan fingerprint density at radius 2 is 2.13 bits per heavy atom. The highest BCUT2D eigenvalue weighted by atomic mass is 79.9. The molecule has 0 saturated heterocycles. The van der Waals surface area contributed by atoms with Crippen LogP contribution in [0, 0.1) is 0 Å². The predicted molar refractivity (Wildman–Crippen MR) is 62.5 cm³/mol. The molecule has 1 unspecified atom stereocenters. The number of carbonyl (C=O) groups is 1. The monoisotopic (exact) mass is 266 g/mol. The second kappa shape index (κ2) is 4.14. The fraction of sp³-hybridized carbons (Fsp3) is 0.273. The maximum atomic E-state index is 11.3. The zero-order chi connectivity index (χ0) is 10.8. The number of carbonyl (C=O) groups excluding carboxylic acids is 1. The van der Waals surface area contributed by atoms with Crippen LogP contribution in [-0.4, -0.2) is 17.1 Å². The summed E-state index contributed by atoms with van der Waals surface area (Å²) in [5.74, 6) is -0.0170. The first-order chi connectivity index (χ1) is 7.18. The van der Waals surface area contributed by atoms with Gasteiger partial charge >= 0.3 is 0 Å². The molecule has 0 saturated carbocycles. The molecule has 3 nitrogen and oxygen atoms in total. The molecule has 15 heavy (non-hydrogen) atoms. The fourth-order valence-corrected chi connectivity index (χ4v) is 1.94. The van der Waals surface area contributed by atoms with Crippen molar-refractivity contribution in [2.75, 3.05) is 0 Å². The Bertz CT molecular complexity index is 400. The third kappa shape index (κ3) is 2.09. The Labute approximate surface area is 96.9 Å². The van der Waals surface area contributed by atoms with Crippen LogP contribution in [0.2, 0.25) is 0 Å². The molecule has 1 aliphatic rings. The summed E-state index contributed by atoms with van der Waals surface area (Å²) in [6, 6.07) is 8.05. The molecule has 0 aromatic heterocycles. The maximum Gasteiger partial charge on any atom is 0.240 e. The highest BCUT2D eigenvalue weighted by molar-refractivity contribution is 9.10. The molecule has 0 spiro atoms. The molecule has 0 radical (unpaired) electrons. The van der Waals surface area contributed by atoms with Crippen molar-refractivity contribution >= 4 is 28.1 Å². The first kappa shape index (κ1) is 10.4. The van der Waals surface area contributed by atoms with Crippen LogP contribution in [0.5, 0.6) is 0 Å². The minimum atomic E-state index is -0.0170. The highest BCUT2D eigenvalue weighted by Gasteiger charge is 2.25. The van der Waals surface area contributed by atoms with Crippen molar-refractivity contribution in [2.24, 2.45) is 5.10 Å². The van der Waals surface area contributed by atoms with E-state index in [4.69, 9.17) is 0 Å². The van der Waals surface area contributed by atoms with E-state index in [1.54, 1.807) is 6.21 Å². The van der Waals surface area contributed by atoms with E-state index in [1.165, 1.54) is 11.9 Å². The summed E-state index contributed by atoms with van der Waals surface area (Å²) in [4.78, 5) is 11.3. The molecule has 1 atom stereocenters. The molecule has 2 rings (SSSR count). The van der Waals surface area contributed by atoms with Gasteiger partial charge in [-0.3, -0.25) is 4.79 Å². The normalized spacial score (nSPS) is 19.6. The third-order valence-corrected chi connectivity index (χ3v) is 2.94. The average Bonchev–Trinajstić information content (AvgIpc) is 2.67. The van der Waals surface area contributed by atoms with Gasteiger partial charge in [0.1, 0.15) is 0 Å². The van der Waals surface area contributed by atoms with E-state index in [1.807, 2.05) is 24.3 Å². The predicted octanol–water partition coefficient (Wildman–Crippen LogP) is 2.73. The van der Waals surface area contributed by atoms with E-state index in [-0.39, 0.29) is 11.9 Å². The summed E-state index contributed by atoms with van der Waals surface area (Å²) in [6.07, 6.45) is 2.58. The number of halogens is 1. The molecule has 4 heteroatoms. The Kier molecular flexibility index (Phi) is 2.86. The lowest BCUT2D eigenvalue weighted by atomic mass is 10.0. The van der Waals surface area contributed by atoms with E-state index in [2.05, 4.69) is 21.0 Å². The smallest absolute Gasteiger partial charge is 0.240 e. The largest absolute Gasteiger partial charge is 0.273 e. The zero-order valence-electron chi connectivity index (χ0n) is 8.35. The van der Waals surface area contributed by atoms with Gasteiger partial charge in [0, 0.05) is 24.0 Å². The van der Waals surface area contributed by atoms with Gasteiger partial charge in [-0.1, -0.05) is 28.1 Å². The Balaban J connectivity index is 2.24. The van der Waals surface area contributed by atoms with Gasteiger partial charge in [-0.2, -0.15) is 5.10 Å². The van der Waals surface area contributed by atoms with Crippen LogP contribution >= 0.6 is 15.9 Å². The van der Waals surface area contributed by atoms with Crippen molar-refractivity contribution in [3.63, 3.8) is 0 Å². The SMILES string of the molecule is CC(=O)N1N=CCC1c1ccc(Br)cc1. The second-order valence-electron chi connectivity index (χ2n) is 3.46. The van der Waals surface area contributed by atoms with Gasteiger partial charge in [-0.25, -0.2) is 5.01 Å². The molecule has 0 fully saturated rings. The minimum Gasteiger partial charge on any atom is -0.273 e. The molecule has 1 aromatic carbocycles. The highest BCUT2D eigenvalue weighted by Crippen LogP contribution is 2.28. The van der Waals surface area contributed by atoms with Crippen LogP contribution in [0.3, 0.4) is 0 Å². The number of benzene rings is 1. The molecule has 0 N–H and O–H groups in total. The van der Waals surface area contributed by atoms with Crippen molar-refractivity contribution in [3.05, 3.63) is 34.3 Å². The van der Waals surface area contributed by atoms with Crippen molar-refractivity contribution in [3.8, 4) is 0 Å². The molecular weight excluding hydrogens is 256 g/mol. The summed E-state index contributed by atoms with van der Waals surface area (Å²) in [5.41, 5.74) is 1.12. The molecule has 0 aliphatic carbocycles. The summed E-state index contributed by atoms with van der Waals surface area (Å²) < 4.78 is 1.04. The molecule has 78 valence electrons. The quantitative estimate of drug-likeness (QED) is 0.770. The Morgan fingerprint density at radius 3 is 2.73 bits per heavy atom. The van der Waals surface area contributed by atoms with Crippen LogP contribution < -0.4 is 0 Å². The Morgan fingerprint density at radius 1 is 1.47 bits per heavy atom. The number of hydrogen-bond donors (Lipinski definition) is 0. The molecule has 1 aromatic rings. The summed E-state index contributed by atoms with van der Waals surface area (Å²) >= 11 is 3.39. The number of hydrogen-bond acceptors (Lipinski definition) is 2. The zero-order valence-corrected chi connectivity index (χ0v) is 9.94. The lowest BCUT2D eigenvalue weighted by molar-refractivity contribution is -0.130. The summed E-state index contributed by atoms with van der Waals surface area (Å²) in [5, 5.41) is 5.59. The standard InChI is InChI=1S/C11H11BrN2O/c1-8(15)14-11(6-7-13-14)9-2-4-10(12)5-3-9/h2-5,7,11H,6H2,1H3. The van der Waals surface area contributed by atoms with Gasteiger partial charge in [-0.15, -0.1) is 0 Å². The van der Waals surface area contributed by atoms with Crippen LogP contribution in [0.15, 0.2) is 33.8 Å². The first-order valence-electron chi connectivity index (χ1n) is 4.76. The molecular formula is C11H11BrN2O. The van der Waals surface area contributed by atoms with E-state index in [9.17, 15) is 4.79 Å². The molecule has 1 aliphatic heterocycles. The van der Waals surface area contributed by atoms with Gasteiger partial charge in [0.2, 0.25) is 5.91 Å². The number of amides is 1. The van der Waals surface area contributed by atoms with Gasteiger partial charge in [0.25, 0.3) is 0 Å². The lowest BCUT2D eigenvalue weighted by Crippen LogP contribution is -2.24. The molecule has 0 bridgehead atoms. The molecule has 1 heterocycles. The number of nitrogens with zero attached hydrogens (tertiary/aromatic N) is 2. The van der Waals surface area contributed by atoms with Crippen molar-refractivity contribution in [2.45, 2.75) is 19.4 Å². The first-order valence-corrected chi connectivity index (χ1v) is 5.55. The topological polar surface area (TPSA) is 32.7 Å². The van der Waals surface area contributed by atoms with Crippen molar-refractivity contribution < 1.29 is 4.79 Å². The summed E-state index contributed by atoms with van der Waals surface area (Å²) in [7, 11) is 0. The molecule has 1 amide bonds. The third-order valence-electron chi connectivity index (χ3n) is 2.41. The second-order valence-corrected chi connectivity index (χ2v) is 4.38. The van der Waals surface area contributed by atoms with E-state index in [0.29, 0.717) is 0 Å². The average molecular weight is 267 g/mol. The maximum absolute atomic E-state index is 11.3. The van der Waals surface area contributed by atoms with Gasteiger partial charge < -0.3 is 0 Å². The van der Waals surface area contributed by atoms with E-state index >= 15 is 0 Å². The fourth-order valence-electron chi connectivity index (χ4n) is 1.68. The number of hydrazone groups is 1. The van der Waals surface area contributed by atoms with Crippen molar-refractivity contribution in [1.82, 2.24) is 5.01 Å².